The van der Waals surface area contributed by atoms with Gasteiger partial charge in [-0.2, -0.15) is 5.26 Å². The van der Waals surface area contributed by atoms with Crippen LogP contribution in [0.5, 0.6) is 0 Å². The average molecular weight is 334 g/mol. The van der Waals surface area contributed by atoms with Gasteiger partial charge in [0.15, 0.2) is 0 Å². The predicted molar refractivity (Wildman–Crippen MR) is 89.6 cm³/mol. The van der Waals surface area contributed by atoms with Gasteiger partial charge in [-0.05, 0) is 37.2 Å². The summed E-state index contributed by atoms with van der Waals surface area (Å²) in [5.74, 6) is -0.438. The highest BCUT2D eigenvalue weighted by Crippen LogP contribution is 2.40. The van der Waals surface area contributed by atoms with Gasteiger partial charge >= 0.3 is 5.97 Å². The number of anilines is 1. The van der Waals surface area contributed by atoms with Crippen LogP contribution < -0.4 is 5.32 Å². The van der Waals surface area contributed by atoms with Crippen molar-refractivity contribution in [1.82, 2.24) is 0 Å². The van der Waals surface area contributed by atoms with Crippen molar-refractivity contribution in [1.29, 1.82) is 5.26 Å². The largest absolute Gasteiger partial charge is 0.481 e. The monoisotopic (exact) mass is 334 g/mol. The Morgan fingerprint density at radius 3 is 2.87 bits per heavy atom. The van der Waals surface area contributed by atoms with Gasteiger partial charge < -0.3 is 10.4 Å². The molecule has 124 valence electrons. The lowest BCUT2D eigenvalue weighted by Crippen LogP contribution is -2.13. The van der Waals surface area contributed by atoms with Gasteiger partial charge in [-0.1, -0.05) is 19.8 Å². The highest BCUT2D eigenvalue weighted by atomic mass is 32.1. The fourth-order valence-electron chi connectivity index (χ4n) is 3.10. The van der Waals surface area contributed by atoms with E-state index in [1.54, 1.807) is 0 Å². The molecule has 0 aromatic carbocycles. The second kappa shape index (κ2) is 8.11. The number of carboxylic acids is 1. The van der Waals surface area contributed by atoms with Gasteiger partial charge in [-0.3, -0.25) is 9.59 Å². The van der Waals surface area contributed by atoms with Crippen LogP contribution in [0.2, 0.25) is 0 Å². The number of nitriles is 1. The van der Waals surface area contributed by atoms with Crippen molar-refractivity contribution in [2.45, 2.75) is 58.3 Å². The molecule has 1 heterocycles. The van der Waals surface area contributed by atoms with Gasteiger partial charge in [0.1, 0.15) is 11.1 Å². The number of nitrogens with zero attached hydrogens (tertiary/aromatic N) is 1. The lowest BCUT2D eigenvalue weighted by atomic mass is 9.85. The molecule has 2 N–H and O–H groups in total. The molecule has 1 amide bonds. The molecular formula is C17H22N2O3S. The summed E-state index contributed by atoms with van der Waals surface area (Å²) in [6, 6.07) is 2.23. The first-order valence-electron chi connectivity index (χ1n) is 8.11. The van der Waals surface area contributed by atoms with Gasteiger partial charge in [0.05, 0.1) is 5.56 Å². The van der Waals surface area contributed by atoms with Crippen LogP contribution in [0.3, 0.4) is 0 Å². The van der Waals surface area contributed by atoms with Crippen molar-refractivity contribution in [3.8, 4) is 6.07 Å². The number of hydrogen-bond donors (Lipinski definition) is 2. The summed E-state index contributed by atoms with van der Waals surface area (Å²) < 4.78 is 0. The first kappa shape index (κ1) is 17.5. The summed E-state index contributed by atoms with van der Waals surface area (Å²) in [5.41, 5.74) is 1.71. The highest BCUT2D eigenvalue weighted by molar-refractivity contribution is 7.16. The minimum atomic E-state index is -0.899. The molecule has 0 aliphatic heterocycles. The van der Waals surface area contributed by atoms with Crippen LogP contribution in [0.15, 0.2) is 0 Å². The van der Waals surface area contributed by atoms with Crippen LogP contribution in [-0.4, -0.2) is 17.0 Å². The molecule has 0 spiro atoms. The summed E-state index contributed by atoms with van der Waals surface area (Å²) in [4.78, 5) is 23.6. The van der Waals surface area contributed by atoms with Crippen LogP contribution in [0.25, 0.3) is 0 Å². The van der Waals surface area contributed by atoms with Crippen LogP contribution >= 0.6 is 11.3 Å². The molecule has 2 rings (SSSR count). The first-order valence-corrected chi connectivity index (χ1v) is 8.93. The van der Waals surface area contributed by atoms with E-state index < -0.39 is 5.97 Å². The van der Waals surface area contributed by atoms with Gasteiger partial charge in [-0.15, -0.1) is 11.3 Å². The topological polar surface area (TPSA) is 90.2 Å². The van der Waals surface area contributed by atoms with Crippen molar-refractivity contribution in [3.63, 3.8) is 0 Å². The Morgan fingerprint density at radius 2 is 2.22 bits per heavy atom. The molecule has 1 aromatic heterocycles. The number of carbonyl (C=O) groups is 2. The van der Waals surface area contributed by atoms with Crippen molar-refractivity contribution >= 4 is 28.2 Å². The van der Waals surface area contributed by atoms with E-state index in [0.717, 1.165) is 24.8 Å². The number of hydrogen-bond acceptors (Lipinski definition) is 4. The third kappa shape index (κ3) is 4.55. The molecule has 1 aliphatic rings. The fraction of sp³-hybridized carbons (Fsp3) is 0.588. The van der Waals surface area contributed by atoms with Gasteiger partial charge in [-0.25, -0.2) is 0 Å². The van der Waals surface area contributed by atoms with Crippen molar-refractivity contribution in [3.05, 3.63) is 16.0 Å². The van der Waals surface area contributed by atoms with E-state index >= 15 is 0 Å². The second-order valence-corrected chi connectivity index (χ2v) is 7.12. The lowest BCUT2D eigenvalue weighted by molar-refractivity contribution is -0.137. The standard InChI is InChI=1S/C17H22N2O3S/c1-2-4-11-7-8-12-13(10-18)17(23-14(12)9-11)19-15(20)5-3-6-16(21)22/h11H,2-9H2,1H3,(H,19,20)(H,21,22)/t11-/m1/s1. The highest BCUT2D eigenvalue weighted by Gasteiger charge is 2.26. The lowest BCUT2D eigenvalue weighted by Gasteiger charge is -2.21. The summed E-state index contributed by atoms with van der Waals surface area (Å²) in [7, 11) is 0. The summed E-state index contributed by atoms with van der Waals surface area (Å²) in [6.07, 6.45) is 5.85. The van der Waals surface area contributed by atoms with Gasteiger partial charge in [0.25, 0.3) is 0 Å². The van der Waals surface area contributed by atoms with Crippen LogP contribution in [-0.2, 0) is 22.4 Å². The van der Waals surface area contributed by atoms with E-state index in [1.165, 1.54) is 29.1 Å². The zero-order valence-corrected chi connectivity index (χ0v) is 14.2. The van der Waals surface area contributed by atoms with Crippen LogP contribution in [0.4, 0.5) is 5.00 Å². The Bertz CT molecular complexity index is 631. The number of carboxylic acid groups (broad SMARTS) is 1. The number of thiophene rings is 1. The molecule has 6 heteroatoms. The van der Waals surface area contributed by atoms with E-state index in [4.69, 9.17) is 5.11 Å². The summed E-state index contributed by atoms with van der Waals surface area (Å²) >= 11 is 1.51. The zero-order valence-electron chi connectivity index (χ0n) is 13.4. The zero-order chi connectivity index (χ0) is 16.8. The van der Waals surface area contributed by atoms with Crippen molar-refractivity contribution in [2.24, 2.45) is 5.92 Å². The van der Waals surface area contributed by atoms with Gasteiger partial charge in [0.2, 0.25) is 5.91 Å². The molecule has 1 aliphatic carbocycles. The molecule has 0 fully saturated rings. The Morgan fingerprint density at radius 1 is 1.43 bits per heavy atom. The smallest absolute Gasteiger partial charge is 0.303 e. The Kier molecular flexibility index (Phi) is 6.17. The minimum Gasteiger partial charge on any atom is -0.481 e. The maximum Gasteiger partial charge on any atom is 0.303 e. The maximum atomic E-state index is 11.9. The SMILES string of the molecule is CCC[C@@H]1CCc2c(sc(NC(=O)CCCC(=O)O)c2C#N)C1. The van der Waals surface area contributed by atoms with E-state index in [9.17, 15) is 14.9 Å². The van der Waals surface area contributed by atoms with E-state index in [0.29, 0.717) is 22.9 Å². The Hall–Kier alpha value is -1.87. The quantitative estimate of drug-likeness (QED) is 0.795. The second-order valence-electron chi connectivity index (χ2n) is 6.01. The Labute approximate surface area is 140 Å². The molecule has 0 unspecified atom stereocenters. The normalized spacial score (nSPS) is 16.4. The molecule has 1 atom stereocenters. The van der Waals surface area contributed by atoms with Crippen molar-refractivity contribution < 1.29 is 14.7 Å². The summed E-state index contributed by atoms with van der Waals surface area (Å²) in [5, 5.41) is 21.5. The number of fused-ring (bicyclic) bond motifs is 1. The molecule has 0 radical (unpaired) electrons. The molecule has 1 aromatic rings. The molecule has 5 nitrogen and oxygen atoms in total. The first-order chi connectivity index (χ1) is 11.0. The number of aliphatic carboxylic acids is 1. The molecule has 0 bridgehead atoms. The van der Waals surface area contributed by atoms with Crippen LogP contribution in [0.1, 0.15) is 61.5 Å². The molecule has 0 saturated carbocycles. The van der Waals surface area contributed by atoms with E-state index in [2.05, 4.69) is 18.3 Å². The average Bonchev–Trinajstić information content (AvgIpc) is 2.83. The third-order valence-corrected chi connectivity index (χ3v) is 5.39. The predicted octanol–water partition coefficient (Wildman–Crippen LogP) is 3.72. The maximum absolute atomic E-state index is 11.9. The molecule has 0 saturated heterocycles. The van der Waals surface area contributed by atoms with E-state index in [1.807, 2.05) is 0 Å². The third-order valence-electron chi connectivity index (χ3n) is 4.22. The molecular weight excluding hydrogens is 312 g/mol. The van der Waals surface area contributed by atoms with Gasteiger partial charge in [0, 0.05) is 17.7 Å². The summed E-state index contributed by atoms with van der Waals surface area (Å²) in [6.45, 7) is 2.19. The molecule has 23 heavy (non-hydrogen) atoms. The number of carbonyl (C=O) groups excluding carboxylic acids is 1. The number of amides is 1. The number of rotatable bonds is 7. The van der Waals surface area contributed by atoms with E-state index in [-0.39, 0.29) is 18.7 Å². The van der Waals surface area contributed by atoms with Crippen molar-refractivity contribution in [2.75, 3.05) is 5.32 Å². The van der Waals surface area contributed by atoms with Crippen LogP contribution in [0, 0.1) is 17.2 Å². The minimum absolute atomic E-state index is 0.0157. The Balaban J connectivity index is 2.04. The fourth-order valence-corrected chi connectivity index (χ4v) is 4.43. The number of nitrogens with one attached hydrogen (secondary N) is 1.